The second-order valence-corrected chi connectivity index (χ2v) is 8.56. The lowest BCUT2D eigenvalue weighted by molar-refractivity contribution is -0.229. The van der Waals surface area contributed by atoms with Gasteiger partial charge in [0.2, 0.25) is 0 Å². The Labute approximate surface area is 173 Å². The molecule has 162 valence electrons. The predicted molar refractivity (Wildman–Crippen MR) is 109 cm³/mol. The van der Waals surface area contributed by atoms with Gasteiger partial charge in [0, 0.05) is 24.5 Å². The molecule has 1 saturated carbocycles. The first-order chi connectivity index (χ1) is 14.1. The van der Waals surface area contributed by atoms with Crippen molar-refractivity contribution in [1.29, 1.82) is 0 Å². The molecule has 1 aromatic carbocycles. The first-order valence-corrected chi connectivity index (χ1v) is 10.9. The summed E-state index contributed by atoms with van der Waals surface area (Å²) in [4.78, 5) is 0. The maximum atomic E-state index is 14.1. The van der Waals surface area contributed by atoms with Gasteiger partial charge in [0.05, 0.1) is 19.8 Å². The van der Waals surface area contributed by atoms with E-state index in [-0.39, 0.29) is 18.5 Å². The monoisotopic (exact) mass is 408 g/mol. The van der Waals surface area contributed by atoms with Crippen LogP contribution in [0.15, 0.2) is 24.8 Å². The molecule has 1 saturated heterocycles. The summed E-state index contributed by atoms with van der Waals surface area (Å²) in [5.41, 5.74) is 0.738. The number of hydrogen-bond donors (Lipinski definition) is 0. The Bertz CT molecular complexity index is 625. The van der Waals surface area contributed by atoms with Crippen LogP contribution in [0.4, 0.5) is 8.78 Å². The van der Waals surface area contributed by atoms with Crippen molar-refractivity contribution in [2.45, 2.75) is 64.3 Å². The molecule has 0 unspecified atom stereocenters. The Hall–Kier alpha value is -1.30. The quantitative estimate of drug-likeness (QED) is 0.483. The van der Waals surface area contributed by atoms with Crippen molar-refractivity contribution < 1.29 is 23.0 Å². The Balaban J connectivity index is 1.40. The van der Waals surface area contributed by atoms with Gasteiger partial charge < -0.3 is 14.2 Å². The molecule has 1 aromatic rings. The number of allylic oxidation sites excluding steroid dienone is 1. The fraction of sp³-hybridized carbons (Fsp3) is 0.667. The summed E-state index contributed by atoms with van der Waals surface area (Å²) >= 11 is 0. The van der Waals surface area contributed by atoms with Crippen molar-refractivity contribution >= 4 is 0 Å². The molecule has 1 aliphatic carbocycles. The van der Waals surface area contributed by atoms with Crippen LogP contribution in [0.2, 0.25) is 0 Å². The van der Waals surface area contributed by atoms with Gasteiger partial charge in [-0.25, -0.2) is 8.78 Å². The van der Waals surface area contributed by atoms with Gasteiger partial charge in [-0.2, -0.15) is 0 Å². The Morgan fingerprint density at radius 3 is 2.28 bits per heavy atom. The molecule has 0 aromatic heterocycles. The summed E-state index contributed by atoms with van der Waals surface area (Å²) in [7, 11) is 1.44. The minimum Gasteiger partial charge on any atom is -0.380 e. The van der Waals surface area contributed by atoms with E-state index in [9.17, 15) is 8.78 Å². The van der Waals surface area contributed by atoms with Crippen LogP contribution < -0.4 is 0 Å². The zero-order valence-corrected chi connectivity index (χ0v) is 17.5. The first kappa shape index (κ1) is 22.4. The number of ether oxygens (including phenoxy) is 3. The second kappa shape index (κ2) is 11.2. The third-order valence-electron chi connectivity index (χ3n) is 6.38. The zero-order chi connectivity index (χ0) is 20.6. The van der Waals surface area contributed by atoms with Crippen LogP contribution in [-0.4, -0.2) is 26.6 Å². The van der Waals surface area contributed by atoms with E-state index in [4.69, 9.17) is 14.2 Å². The lowest BCUT2D eigenvalue weighted by Gasteiger charge is -2.37. The van der Waals surface area contributed by atoms with Crippen LogP contribution >= 0.6 is 0 Å². The van der Waals surface area contributed by atoms with E-state index < -0.39 is 11.6 Å². The smallest absolute Gasteiger partial charge is 0.160 e. The van der Waals surface area contributed by atoms with Crippen LogP contribution in [0.3, 0.4) is 0 Å². The van der Waals surface area contributed by atoms with E-state index in [2.05, 4.69) is 6.58 Å². The van der Waals surface area contributed by atoms with Crippen molar-refractivity contribution in [2.75, 3.05) is 20.3 Å². The molecule has 0 amide bonds. The molecule has 0 radical (unpaired) electrons. The van der Waals surface area contributed by atoms with E-state index >= 15 is 0 Å². The topological polar surface area (TPSA) is 27.7 Å². The minimum atomic E-state index is -0.511. The van der Waals surface area contributed by atoms with Crippen molar-refractivity contribution in [2.24, 2.45) is 17.8 Å². The van der Waals surface area contributed by atoms with E-state index in [1.165, 1.54) is 19.2 Å². The number of hydrogen-bond acceptors (Lipinski definition) is 3. The molecular formula is C24H34F2O3. The second-order valence-electron chi connectivity index (χ2n) is 8.56. The van der Waals surface area contributed by atoms with Crippen molar-refractivity contribution in [1.82, 2.24) is 0 Å². The molecule has 3 nitrogen and oxygen atoms in total. The van der Waals surface area contributed by atoms with E-state index in [0.29, 0.717) is 24.2 Å². The molecule has 0 atom stereocenters. The highest BCUT2D eigenvalue weighted by atomic mass is 19.1. The standard InChI is InChI=1S/C24H34F2O3/c1-3-4-5-19-14-28-24(29-15-19)20-10-8-17(9-11-20)6-7-18-12-22(25)21(16-27-2)23(26)13-18/h3,12-13,17,19-20,24H,1,4-11,14-16H2,2H3. The fourth-order valence-electron chi connectivity index (χ4n) is 4.55. The highest BCUT2D eigenvalue weighted by Crippen LogP contribution is 2.36. The molecule has 2 fully saturated rings. The summed E-state index contributed by atoms with van der Waals surface area (Å²) in [5, 5.41) is 0. The van der Waals surface area contributed by atoms with Gasteiger partial charge >= 0.3 is 0 Å². The average molecular weight is 409 g/mol. The van der Waals surface area contributed by atoms with Crippen molar-refractivity contribution in [3.05, 3.63) is 47.5 Å². The zero-order valence-electron chi connectivity index (χ0n) is 17.5. The summed E-state index contributed by atoms with van der Waals surface area (Å²) in [6.07, 6.45) is 10.1. The van der Waals surface area contributed by atoms with Gasteiger partial charge in [-0.1, -0.05) is 6.08 Å². The van der Waals surface area contributed by atoms with E-state index in [0.717, 1.165) is 63.7 Å². The summed E-state index contributed by atoms with van der Waals surface area (Å²) in [6, 6.07) is 2.91. The largest absolute Gasteiger partial charge is 0.380 e. The van der Waals surface area contributed by atoms with Gasteiger partial charge in [0.25, 0.3) is 0 Å². The molecule has 0 N–H and O–H groups in total. The summed E-state index contributed by atoms with van der Waals surface area (Å²) in [5.74, 6) is 0.526. The van der Waals surface area contributed by atoms with Crippen LogP contribution in [0.5, 0.6) is 0 Å². The van der Waals surface area contributed by atoms with E-state index in [1.54, 1.807) is 0 Å². The number of rotatable bonds is 9. The lowest BCUT2D eigenvalue weighted by atomic mass is 9.79. The lowest BCUT2D eigenvalue weighted by Crippen LogP contribution is -2.38. The molecule has 0 bridgehead atoms. The summed E-state index contributed by atoms with van der Waals surface area (Å²) in [6.45, 7) is 5.30. The molecule has 1 heterocycles. The predicted octanol–water partition coefficient (Wildman–Crippen LogP) is 5.81. The molecule has 1 aliphatic heterocycles. The molecule has 5 heteroatoms. The first-order valence-electron chi connectivity index (χ1n) is 10.9. The molecule has 29 heavy (non-hydrogen) atoms. The third-order valence-corrected chi connectivity index (χ3v) is 6.38. The maximum Gasteiger partial charge on any atom is 0.160 e. The maximum absolute atomic E-state index is 14.1. The van der Waals surface area contributed by atoms with Crippen molar-refractivity contribution in [3.8, 4) is 0 Å². The van der Waals surface area contributed by atoms with Gasteiger partial charge in [0.15, 0.2) is 6.29 Å². The van der Waals surface area contributed by atoms with Gasteiger partial charge in [-0.3, -0.25) is 0 Å². The van der Waals surface area contributed by atoms with Crippen LogP contribution in [0, 0.1) is 29.4 Å². The minimum absolute atomic E-state index is 0.0102. The molecule has 0 spiro atoms. The highest BCUT2D eigenvalue weighted by Gasteiger charge is 2.32. The van der Waals surface area contributed by atoms with E-state index in [1.807, 2.05) is 6.08 Å². The number of aryl methyl sites for hydroxylation is 1. The summed E-state index contributed by atoms with van der Waals surface area (Å²) < 4.78 is 45.0. The number of methoxy groups -OCH3 is 1. The Morgan fingerprint density at radius 1 is 1.03 bits per heavy atom. The number of benzene rings is 1. The highest BCUT2D eigenvalue weighted by molar-refractivity contribution is 5.26. The van der Waals surface area contributed by atoms with Crippen molar-refractivity contribution in [3.63, 3.8) is 0 Å². The SMILES string of the molecule is C=CCCC1COC(C2CCC(CCc3cc(F)c(COC)c(F)c3)CC2)OC1. The molecule has 3 rings (SSSR count). The van der Waals surface area contributed by atoms with Crippen LogP contribution in [-0.2, 0) is 27.2 Å². The Morgan fingerprint density at radius 2 is 1.69 bits per heavy atom. The number of halogens is 2. The molecular weight excluding hydrogens is 374 g/mol. The van der Waals surface area contributed by atoms with Gasteiger partial charge in [-0.15, -0.1) is 6.58 Å². The molecule has 2 aliphatic rings. The Kier molecular flexibility index (Phi) is 8.64. The van der Waals surface area contributed by atoms with Crippen LogP contribution in [0.25, 0.3) is 0 Å². The normalized spacial score (nSPS) is 27.7. The van der Waals surface area contributed by atoms with Crippen LogP contribution in [0.1, 0.15) is 56.1 Å². The van der Waals surface area contributed by atoms with Gasteiger partial charge in [-0.05, 0) is 75.0 Å². The van der Waals surface area contributed by atoms with Gasteiger partial charge in [0.1, 0.15) is 11.6 Å². The fourth-order valence-corrected chi connectivity index (χ4v) is 4.55. The third kappa shape index (κ3) is 6.34. The average Bonchev–Trinajstić information content (AvgIpc) is 2.74.